The molecule has 0 heterocycles. The Morgan fingerprint density at radius 2 is 2.19 bits per heavy atom. The van der Waals surface area contributed by atoms with E-state index in [0.29, 0.717) is 11.3 Å². The van der Waals surface area contributed by atoms with Gasteiger partial charge in [-0.2, -0.15) is 0 Å². The van der Waals surface area contributed by atoms with Crippen molar-refractivity contribution in [2.45, 2.75) is 4.90 Å². The van der Waals surface area contributed by atoms with Crippen molar-refractivity contribution in [3.8, 4) is 17.6 Å². The number of sulfonamides is 1. The van der Waals surface area contributed by atoms with Gasteiger partial charge in [0.25, 0.3) is 0 Å². The Bertz CT molecular complexity index is 540. The van der Waals surface area contributed by atoms with Crippen LogP contribution in [0, 0.1) is 11.8 Å². The molecule has 0 amide bonds. The average Bonchev–Trinajstić information content (AvgIpc) is 2.24. The smallest absolute Gasteiger partial charge is 0.238 e. The second-order valence-corrected chi connectivity index (χ2v) is 4.43. The van der Waals surface area contributed by atoms with Crippen molar-refractivity contribution in [1.29, 1.82) is 0 Å². The normalized spacial score (nSPS) is 10.4. The molecule has 0 aliphatic rings. The summed E-state index contributed by atoms with van der Waals surface area (Å²) in [5, 5.41) is 13.5. The van der Waals surface area contributed by atoms with Gasteiger partial charge in [-0.25, -0.2) is 13.6 Å². The highest BCUT2D eigenvalue weighted by atomic mass is 32.2. The van der Waals surface area contributed by atoms with Crippen LogP contribution in [0.15, 0.2) is 23.1 Å². The molecule has 0 aromatic heterocycles. The number of aliphatic hydroxyl groups is 1. The molecule has 0 spiro atoms. The Morgan fingerprint density at radius 1 is 1.50 bits per heavy atom. The summed E-state index contributed by atoms with van der Waals surface area (Å²) in [4.78, 5) is -0.0458. The molecule has 86 valence electrons. The number of methoxy groups -OCH3 is 1. The third kappa shape index (κ3) is 2.97. The maximum atomic E-state index is 11.1. The molecule has 0 saturated carbocycles. The van der Waals surface area contributed by atoms with Crippen molar-refractivity contribution in [1.82, 2.24) is 0 Å². The topological polar surface area (TPSA) is 89.6 Å². The summed E-state index contributed by atoms with van der Waals surface area (Å²) in [7, 11) is -2.32. The van der Waals surface area contributed by atoms with Crippen LogP contribution in [0.5, 0.6) is 5.75 Å². The molecule has 0 atom stereocenters. The zero-order valence-electron chi connectivity index (χ0n) is 8.60. The van der Waals surface area contributed by atoms with Gasteiger partial charge in [0, 0.05) is 0 Å². The first-order chi connectivity index (χ1) is 7.49. The fourth-order valence-corrected chi connectivity index (χ4v) is 1.64. The number of hydrogen-bond acceptors (Lipinski definition) is 4. The predicted molar refractivity (Wildman–Crippen MR) is 58.3 cm³/mol. The van der Waals surface area contributed by atoms with E-state index < -0.39 is 10.0 Å². The summed E-state index contributed by atoms with van der Waals surface area (Å²) in [6, 6.07) is 4.09. The molecule has 1 aromatic rings. The number of benzene rings is 1. The standard InChI is InChI=1S/C10H11NO4S/c1-15-10-5-4-9(16(11,13)14)7-8(10)3-2-6-12/h4-5,7,12H,6H2,1H3,(H2,11,13,14). The van der Waals surface area contributed by atoms with Crippen molar-refractivity contribution >= 4 is 10.0 Å². The molecule has 0 radical (unpaired) electrons. The average molecular weight is 241 g/mol. The van der Waals surface area contributed by atoms with Gasteiger partial charge in [0.2, 0.25) is 10.0 Å². The molecule has 0 saturated heterocycles. The quantitative estimate of drug-likeness (QED) is 0.695. The minimum Gasteiger partial charge on any atom is -0.495 e. The van der Waals surface area contributed by atoms with Crippen LogP contribution in [-0.2, 0) is 10.0 Å². The minimum absolute atomic E-state index is 0.0458. The first-order valence-electron chi connectivity index (χ1n) is 4.29. The fourth-order valence-electron chi connectivity index (χ4n) is 1.10. The van der Waals surface area contributed by atoms with Gasteiger partial charge in [-0.3, -0.25) is 0 Å². The molecule has 0 bridgehead atoms. The maximum Gasteiger partial charge on any atom is 0.238 e. The molecule has 5 nitrogen and oxygen atoms in total. The molecule has 1 aromatic carbocycles. The van der Waals surface area contributed by atoms with Crippen LogP contribution in [0.25, 0.3) is 0 Å². The number of aliphatic hydroxyl groups excluding tert-OH is 1. The number of primary sulfonamides is 1. The molecular formula is C10H11NO4S. The first kappa shape index (κ1) is 12.5. The summed E-state index contributed by atoms with van der Waals surface area (Å²) < 4.78 is 27.2. The van der Waals surface area contributed by atoms with Crippen LogP contribution in [-0.4, -0.2) is 27.2 Å². The Labute approximate surface area is 93.9 Å². The van der Waals surface area contributed by atoms with Gasteiger partial charge in [0.15, 0.2) is 0 Å². The largest absolute Gasteiger partial charge is 0.495 e. The van der Waals surface area contributed by atoms with E-state index in [2.05, 4.69) is 11.8 Å². The van der Waals surface area contributed by atoms with Crippen molar-refractivity contribution in [3.05, 3.63) is 23.8 Å². The van der Waals surface area contributed by atoms with Gasteiger partial charge in [-0.05, 0) is 18.2 Å². The lowest BCUT2D eigenvalue weighted by molar-refractivity contribution is 0.350. The van der Waals surface area contributed by atoms with Gasteiger partial charge in [0.05, 0.1) is 17.6 Å². The highest BCUT2D eigenvalue weighted by Crippen LogP contribution is 2.20. The van der Waals surface area contributed by atoms with Crippen molar-refractivity contribution < 1.29 is 18.3 Å². The summed E-state index contributed by atoms with van der Waals surface area (Å²) in [5.74, 6) is 5.41. The van der Waals surface area contributed by atoms with E-state index in [9.17, 15) is 8.42 Å². The van der Waals surface area contributed by atoms with E-state index >= 15 is 0 Å². The van der Waals surface area contributed by atoms with Crippen LogP contribution in [0.2, 0.25) is 0 Å². The van der Waals surface area contributed by atoms with Gasteiger partial charge in [-0.1, -0.05) is 11.8 Å². The zero-order valence-corrected chi connectivity index (χ0v) is 9.41. The van der Waals surface area contributed by atoms with E-state index in [1.54, 1.807) is 0 Å². The van der Waals surface area contributed by atoms with Gasteiger partial charge in [0.1, 0.15) is 12.4 Å². The zero-order chi connectivity index (χ0) is 12.2. The Balaban J connectivity index is 3.33. The van der Waals surface area contributed by atoms with Crippen molar-refractivity contribution in [2.24, 2.45) is 5.14 Å². The Hall–Kier alpha value is -1.55. The second kappa shape index (κ2) is 4.99. The van der Waals surface area contributed by atoms with Crippen LogP contribution in [0.1, 0.15) is 5.56 Å². The molecule has 0 fully saturated rings. The lowest BCUT2D eigenvalue weighted by Gasteiger charge is -2.04. The third-order valence-corrected chi connectivity index (χ3v) is 2.71. The first-order valence-corrected chi connectivity index (χ1v) is 5.84. The lowest BCUT2D eigenvalue weighted by Crippen LogP contribution is -2.12. The summed E-state index contributed by atoms with van der Waals surface area (Å²) in [6.45, 7) is -0.317. The molecule has 6 heteroatoms. The van der Waals surface area contributed by atoms with Crippen molar-refractivity contribution in [2.75, 3.05) is 13.7 Å². The molecule has 0 aliphatic heterocycles. The van der Waals surface area contributed by atoms with Crippen LogP contribution >= 0.6 is 0 Å². The molecule has 1 rings (SSSR count). The predicted octanol–water partition coefficient (Wildman–Crippen LogP) is -0.314. The van der Waals surface area contributed by atoms with Gasteiger partial charge >= 0.3 is 0 Å². The minimum atomic E-state index is -3.76. The number of ether oxygens (including phenoxy) is 1. The summed E-state index contributed by atoms with van der Waals surface area (Å²) >= 11 is 0. The number of rotatable bonds is 2. The maximum absolute atomic E-state index is 11.1. The van der Waals surface area contributed by atoms with Gasteiger partial charge in [-0.15, -0.1) is 0 Å². The number of hydrogen-bond donors (Lipinski definition) is 2. The van der Waals surface area contributed by atoms with E-state index in [4.69, 9.17) is 15.0 Å². The van der Waals surface area contributed by atoms with Crippen LogP contribution in [0.3, 0.4) is 0 Å². The van der Waals surface area contributed by atoms with E-state index in [1.807, 2.05) is 0 Å². The molecule has 0 unspecified atom stereocenters. The number of nitrogens with two attached hydrogens (primary N) is 1. The third-order valence-electron chi connectivity index (χ3n) is 1.80. The summed E-state index contributed by atoms with van der Waals surface area (Å²) in [6.07, 6.45) is 0. The molecule has 0 aliphatic carbocycles. The van der Waals surface area contributed by atoms with E-state index in [1.165, 1.54) is 25.3 Å². The van der Waals surface area contributed by atoms with Crippen molar-refractivity contribution in [3.63, 3.8) is 0 Å². The SMILES string of the molecule is COc1ccc(S(N)(=O)=O)cc1C#CCO. The molecule has 16 heavy (non-hydrogen) atoms. The Morgan fingerprint density at radius 3 is 2.69 bits per heavy atom. The van der Waals surface area contributed by atoms with E-state index in [0.717, 1.165) is 0 Å². The Kier molecular flexibility index (Phi) is 3.90. The van der Waals surface area contributed by atoms with Crippen LogP contribution in [0.4, 0.5) is 0 Å². The molecular weight excluding hydrogens is 230 g/mol. The highest BCUT2D eigenvalue weighted by Gasteiger charge is 2.10. The highest BCUT2D eigenvalue weighted by molar-refractivity contribution is 7.89. The van der Waals surface area contributed by atoms with Crippen LogP contribution < -0.4 is 9.88 Å². The van der Waals surface area contributed by atoms with Gasteiger partial charge < -0.3 is 9.84 Å². The lowest BCUT2D eigenvalue weighted by atomic mass is 10.2. The van der Waals surface area contributed by atoms with E-state index in [-0.39, 0.29) is 11.5 Å². The monoisotopic (exact) mass is 241 g/mol. The summed E-state index contributed by atoms with van der Waals surface area (Å²) in [5.41, 5.74) is 0.364. The second-order valence-electron chi connectivity index (χ2n) is 2.87. The fraction of sp³-hybridized carbons (Fsp3) is 0.200. The molecule has 3 N–H and O–H groups in total.